The third-order valence-electron chi connectivity index (χ3n) is 1.10. The van der Waals surface area contributed by atoms with Gasteiger partial charge in [0.05, 0.1) is 5.41 Å². The van der Waals surface area contributed by atoms with Gasteiger partial charge in [-0.2, -0.15) is 13.2 Å². The lowest BCUT2D eigenvalue weighted by atomic mass is 9.96. The van der Waals surface area contributed by atoms with Gasteiger partial charge in [0.2, 0.25) is 0 Å². The van der Waals surface area contributed by atoms with Crippen LogP contribution in [0.1, 0.15) is 13.8 Å². The Labute approximate surface area is 66.0 Å². The fourth-order valence-electron chi connectivity index (χ4n) is 0.0758. The summed E-state index contributed by atoms with van der Waals surface area (Å²) in [5.74, 6) is 0. The van der Waals surface area contributed by atoms with Gasteiger partial charge < -0.3 is 0 Å². The Morgan fingerprint density at radius 1 is 1.22 bits per heavy atom. The first-order valence-electron chi connectivity index (χ1n) is 2.44. The maximum absolute atomic E-state index is 11.8. The molecule has 0 nitrogen and oxygen atoms in total. The van der Waals surface area contributed by atoms with Crippen LogP contribution in [0.4, 0.5) is 13.2 Å². The molecule has 0 aliphatic rings. The molecular weight excluding hydrogens is 244 g/mol. The molecule has 0 N–H and O–H groups in total. The van der Waals surface area contributed by atoms with E-state index in [1.807, 2.05) is 0 Å². The molecule has 0 aromatic heterocycles. The van der Waals surface area contributed by atoms with E-state index in [0.717, 1.165) is 0 Å². The number of hydrogen-bond acceptors (Lipinski definition) is 0. The lowest BCUT2D eigenvalue weighted by molar-refractivity contribution is -0.201. The molecule has 0 bridgehead atoms. The maximum Gasteiger partial charge on any atom is 0.394 e. The minimum atomic E-state index is -4.06. The molecule has 0 amide bonds. The van der Waals surface area contributed by atoms with Crippen LogP contribution in [-0.2, 0) is 0 Å². The van der Waals surface area contributed by atoms with Crippen LogP contribution in [0.2, 0.25) is 0 Å². The van der Waals surface area contributed by atoms with Gasteiger partial charge in [-0.25, -0.2) is 0 Å². The van der Waals surface area contributed by atoms with Crippen molar-refractivity contribution >= 4 is 22.6 Å². The van der Waals surface area contributed by atoms with Gasteiger partial charge in [0.1, 0.15) is 0 Å². The maximum atomic E-state index is 11.8. The van der Waals surface area contributed by atoms with Crippen molar-refractivity contribution in [2.24, 2.45) is 5.41 Å². The number of halogens is 4. The van der Waals surface area contributed by atoms with E-state index in [0.29, 0.717) is 0 Å². The Kier molecular flexibility index (Phi) is 2.79. The number of hydrogen-bond donors (Lipinski definition) is 0. The zero-order chi connectivity index (χ0) is 7.71. The normalized spacial score (nSPS) is 14.0. The Balaban J connectivity index is 4.14. The highest BCUT2D eigenvalue weighted by atomic mass is 127. The molecule has 9 heavy (non-hydrogen) atoms. The Hall–Kier alpha value is 0.520. The van der Waals surface area contributed by atoms with E-state index in [9.17, 15) is 13.2 Å². The summed E-state index contributed by atoms with van der Waals surface area (Å²) in [5.41, 5.74) is -1.53. The Morgan fingerprint density at radius 3 is 1.56 bits per heavy atom. The third-order valence-corrected chi connectivity index (χ3v) is 3.01. The number of alkyl halides is 4. The fraction of sp³-hybridized carbons (Fsp3) is 1.00. The second kappa shape index (κ2) is 2.64. The molecule has 0 fully saturated rings. The first kappa shape index (κ1) is 9.52. The van der Waals surface area contributed by atoms with Gasteiger partial charge in [0.25, 0.3) is 0 Å². The summed E-state index contributed by atoms with van der Waals surface area (Å²) in [5, 5.41) is 0. The molecule has 56 valence electrons. The van der Waals surface area contributed by atoms with Crippen molar-refractivity contribution in [2.75, 3.05) is 4.43 Å². The molecule has 0 aliphatic heterocycles. The monoisotopic (exact) mass is 252 g/mol. The summed E-state index contributed by atoms with van der Waals surface area (Å²) in [7, 11) is 0. The third kappa shape index (κ3) is 2.31. The van der Waals surface area contributed by atoms with E-state index in [1.165, 1.54) is 13.8 Å². The van der Waals surface area contributed by atoms with Crippen molar-refractivity contribution in [1.29, 1.82) is 0 Å². The minimum absolute atomic E-state index is 0.105. The topological polar surface area (TPSA) is 0 Å². The molecule has 0 aliphatic carbocycles. The average molecular weight is 252 g/mol. The van der Waals surface area contributed by atoms with E-state index >= 15 is 0 Å². The first-order chi connectivity index (χ1) is 3.81. The van der Waals surface area contributed by atoms with Crippen molar-refractivity contribution in [3.63, 3.8) is 0 Å². The van der Waals surface area contributed by atoms with Gasteiger partial charge in [-0.15, -0.1) is 0 Å². The molecule has 0 radical (unpaired) electrons. The molecule has 0 aromatic carbocycles. The molecule has 0 saturated carbocycles. The molecular formula is C5H8F3I. The molecule has 0 heterocycles. The molecule has 0 rings (SSSR count). The predicted octanol–water partition coefficient (Wildman–Crippen LogP) is 3.01. The van der Waals surface area contributed by atoms with Crippen LogP contribution in [0.15, 0.2) is 0 Å². The Bertz CT molecular complexity index is 94.9. The number of rotatable bonds is 1. The summed E-state index contributed by atoms with van der Waals surface area (Å²) in [6.45, 7) is 2.39. The van der Waals surface area contributed by atoms with Gasteiger partial charge in [0, 0.05) is 4.43 Å². The van der Waals surface area contributed by atoms with Crippen LogP contribution >= 0.6 is 22.6 Å². The zero-order valence-corrected chi connectivity index (χ0v) is 7.38. The second-order valence-electron chi connectivity index (χ2n) is 2.52. The van der Waals surface area contributed by atoms with Crippen LogP contribution in [0, 0.1) is 5.41 Å². The SMILES string of the molecule is CC(C)(CI)C(F)(F)F. The van der Waals surface area contributed by atoms with Gasteiger partial charge in [-0.05, 0) is 0 Å². The highest BCUT2D eigenvalue weighted by molar-refractivity contribution is 14.1. The van der Waals surface area contributed by atoms with E-state index in [1.54, 1.807) is 22.6 Å². The van der Waals surface area contributed by atoms with Crippen molar-refractivity contribution in [1.82, 2.24) is 0 Å². The van der Waals surface area contributed by atoms with Crippen LogP contribution in [0.3, 0.4) is 0 Å². The van der Waals surface area contributed by atoms with Gasteiger partial charge in [-0.1, -0.05) is 36.4 Å². The summed E-state index contributed by atoms with van der Waals surface area (Å²) in [6, 6.07) is 0. The highest BCUT2D eigenvalue weighted by Crippen LogP contribution is 2.38. The summed E-state index contributed by atoms with van der Waals surface area (Å²) < 4.78 is 35.6. The Morgan fingerprint density at radius 2 is 1.56 bits per heavy atom. The molecule has 0 spiro atoms. The molecule has 0 atom stereocenters. The fourth-order valence-corrected chi connectivity index (χ4v) is 0.508. The van der Waals surface area contributed by atoms with Crippen molar-refractivity contribution in [3.8, 4) is 0 Å². The van der Waals surface area contributed by atoms with Crippen molar-refractivity contribution in [2.45, 2.75) is 20.0 Å². The smallest absolute Gasteiger partial charge is 0.170 e. The largest absolute Gasteiger partial charge is 0.394 e. The lowest BCUT2D eigenvalue weighted by Crippen LogP contribution is -2.33. The van der Waals surface area contributed by atoms with Crippen LogP contribution in [0.5, 0.6) is 0 Å². The molecule has 4 heteroatoms. The quantitative estimate of drug-likeness (QED) is 0.497. The summed E-state index contributed by atoms with van der Waals surface area (Å²) >= 11 is 1.74. The van der Waals surface area contributed by atoms with Gasteiger partial charge in [0.15, 0.2) is 0 Å². The van der Waals surface area contributed by atoms with Crippen molar-refractivity contribution in [3.05, 3.63) is 0 Å². The summed E-state index contributed by atoms with van der Waals surface area (Å²) in [6.07, 6.45) is -4.06. The average Bonchev–Trinajstić information content (AvgIpc) is 1.64. The van der Waals surface area contributed by atoms with Gasteiger partial charge >= 0.3 is 6.18 Å². The van der Waals surface area contributed by atoms with Crippen LogP contribution < -0.4 is 0 Å². The van der Waals surface area contributed by atoms with Crippen LogP contribution in [0.25, 0.3) is 0 Å². The molecule has 0 aromatic rings. The predicted molar refractivity (Wildman–Crippen MR) is 38.7 cm³/mol. The van der Waals surface area contributed by atoms with E-state index in [2.05, 4.69) is 0 Å². The molecule has 0 saturated heterocycles. The van der Waals surface area contributed by atoms with E-state index in [4.69, 9.17) is 0 Å². The first-order valence-corrected chi connectivity index (χ1v) is 3.96. The second-order valence-corrected chi connectivity index (χ2v) is 3.28. The van der Waals surface area contributed by atoms with Crippen molar-refractivity contribution < 1.29 is 13.2 Å². The van der Waals surface area contributed by atoms with E-state index in [-0.39, 0.29) is 4.43 Å². The zero-order valence-electron chi connectivity index (χ0n) is 5.22. The van der Waals surface area contributed by atoms with Gasteiger partial charge in [-0.3, -0.25) is 0 Å². The standard InChI is InChI=1S/C5H8F3I/c1-4(2,3-9)5(6,7)8/h3H2,1-2H3. The minimum Gasteiger partial charge on any atom is -0.170 e. The molecule has 0 unspecified atom stereocenters. The summed E-state index contributed by atoms with van der Waals surface area (Å²) in [4.78, 5) is 0. The highest BCUT2D eigenvalue weighted by Gasteiger charge is 2.46. The van der Waals surface area contributed by atoms with Crippen LogP contribution in [-0.4, -0.2) is 10.6 Å². The lowest BCUT2D eigenvalue weighted by Gasteiger charge is -2.24. The van der Waals surface area contributed by atoms with E-state index < -0.39 is 11.6 Å².